The van der Waals surface area contributed by atoms with Crippen LogP contribution in [0, 0.1) is 13.8 Å². The summed E-state index contributed by atoms with van der Waals surface area (Å²) in [4.78, 5) is 40.2. The second-order valence-corrected chi connectivity index (χ2v) is 8.07. The first-order chi connectivity index (χ1) is 13.9. The van der Waals surface area contributed by atoms with Gasteiger partial charge >= 0.3 is 5.69 Å². The molecule has 146 valence electrons. The van der Waals surface area contributed by atoms with Gasteiger partial charge in [-0.1, -0.05) is 35.9 Å². The second-order valence-electron chi connectivity index (χ2n) is 6.83. The molecule has 1 N–H and O–H groups in total. The lowest BCUT2D eigenvalue weighted by atomic mass is 10.2. The molecule has 6 nitrogen and oxygen atoms in total. The third kappa shape index (κ3) is 3.64. The predicted octanol–water partition coefficient (Wildman–Crippen LogP) is 3.47. The number of para-hydroxylation sites is 1. The van der Waals surface area contributed by atoms with Crippen molar-refractivity contribution in [1.29, 1.82) is 0 Å². The lowest BCUT2D eigenvalue weighted by molar-refractivity contribution is -0.116. The molecule has 0 aliphatic carbocycles. The largest absolute Gasteiger partial charge is 0.337 e. The van der Waals surface area contributed by atoms with Crippen molar-refractivity contribution in [3.8, 4) is 5.69 Å². The Morgan fingerprint density at radius 2 is 1.69 bits per heavy atom. The Morgan fingerprint density at radius 3 is 2.38 bits per heavy atom. The molecule has 0 fully saturated rings. The number of hydrogen-bond acceptors (Lipinski definition) is 4. The van der Waals surface area contributed by atoms with Crippen molar-refractivity contribution in [2.24, 2.45) is 0 Å². The van der Waals surface area contributed by atoms with E-state index in [1.165, 1.54) is 15.9 Å². The van der Waals surface area contributed by atoms with Crippen LogP contribution in [-0.2, 0) is 11.3 Å². The lowest BCUT2D eigenvalue weighted by Gasteiger charge is -2.12. The number of hydrogen-bond donors (Lipinski definition) is 1. The summed E-state index contributed by atoms with van der Waals surface area (Å²) >= 11 is 1.33. The van der Waals surface area contributed by atoms with Crippen molar-refractivity contribution < 1.29 is 4.79 Å². The molecule has 4 aromatic rings. The van der Waals surface area contributed by atoms with E-state index in [1.54, 1.807) is 30.3 Å². The molecule has 0 spiro atoms. The topological polar surface area (TPSA) is 73.1 Å². The molecule has 2 aromatic carbocycles. The molecule has 0 aliphatic heterocycles. The third-order valence-electron chi connectivity index (χ3n) is 4.59. The number of anilines is 1. The van der Waals surface area contributed by atoms with Crippen molar-refractivity contribution in [3.05, 3.63) is 91.9 Å². The highest BCUT2D eigenvalue weighted by Crippen LogP contribution is 2.22. The van der Waals surface area contributed by atoms with E-state index in [0.29, 0.717) is 21.6 Å². The average Bonchev–Trinajstić information content (AvgIpc) is 3.10. The normalized spacial score (nSPS) is 11.0. The van der Waals surface area contributed by atoms with Crippen LogP contribution in [0.4, 0.5) is 5.69 Å². The van der Waals surface area contributed by atoms with E-state index >= 15 is 0 Å². The van der Waals surface area contributed by atoms with Crippen LogP contribution in [0.5, 0.6) is 0 Å². The summed E-state index contributed by atoms with van der Waals surface area (Å²) in [7, 11) is 0. The number of nitrogens with zero attached hydrogens (tertiary/aromatic N) is 2. The molecule has 1 amide bonds. The highest BCUT2D eigenvalue weighted by molar-refractivity contribution is 7.18. The minimum Gasteiger partial charge on any atom is -0.325 e. The molecule has 0 aliphatic rings. The zero-order valence-electron chi connectivity index (χ0n) is 16.0. The number of carbonyl (C=O) groups excluding carboxylic acids is 1. The van der Waals surface area contributed by atoms with Crippen LogP contribution >= 0.6 is 11.3 Å². The van der Waals surface area contributed by atoms with Crippen LogP contribution in [-0.4, -0.2) is 15.0 Å². The number of carbonyl (C=O) groups is 1. The van der Waals surface area contributed by atoms with Crippen LogP contribution in [0.15, 0.2) is 70.3 Å². The quantitative estimate of drug-likeness (QED) is 0.565. The van der Waals surface area contributed by atoms with Gasteiger partial charge in [0.1, 0.15) is 11.4 Å². The Labute approximate surface area is 170 Å². The Morgan fingerprint density at radius 1 is 1.00 bits per heavy atom. The Kier molecular flexibility index (Phi) is 4.90. The highest BCUT2D eigenvalue weighted by atomic mass is 32.1. The van der Waals surface area contributed by atoms with Gasteiger partial charge in [-0.05, 0) is 44.2 Å². The van der Waals surface area contributed by atoms with Gasteiger partial charge in [0.2, 0.25) is 5.91 Å². The van der Waals surface area contributed by atoms with Crippen molar-refractivity contribution in [2.45, 2.75) is 20.4 Å². The summed E-state index contributed by atoms with van der Waals surface area (Å²) in [6.45, 7) is 3.66. The average molecular weight is 405 g/mol. The molecule has 0 bridgehead atoms. The monoisotopic (exact) mass is 405 g/mol. The SMILES string of the molecule is Cc1ccc(NC(=O)Cn2c(=O)n(-c3ccccc3)c(=O)c3cc(C)sc32)cc1. The van der Waals surface area contributed by atoms with E-state index < -0.39 is 5.69 Å². The number of thiophene rings is 1. The maximum atomic E-state index is 13.2. The van der Waals surface area contributed by atoms with Gasteiger partial charge in [-0.25, -0.2) is 9.36 Å². The minimum absolute atomic E-state index is 0.184. The van der Waals surface area contributed by atoms with E-state index in [-0.39, 0.29) is 18.0 Å². The number of aryl methyl sites for hydroxylation is 2. The van der Waals surface area contributed by atoms with Gasteiger partial charge in [0.25, 0.3) is 5.56 Å². The van der Waals surface area contributed by atoms with Crippen molar-refractivity contribution >= 4 is 33.1 Å². The zero-order valence-corrected chi connectivity index (χ0v) is 16.8. The first-order valence-electron chi connectivity index (χ1n) is 9.12. The van der Waals surface area contributed by atoms with Crippen molar-refractivity contribution in [2.75, 3.05) is 5.32 Å². The fourth-order valence-electron chi connectivity index (χ4n) is 3.20. The molecule has 0 atom stereocenters. The minimum atomic E-state index is -0.533. The molecule has 29 heavy (non-hydrogen) atoms. The first-order valence-corrected chi connectivity index (χ1v) is 9.93. The zero-order chi connectivity index (χ0) is 20.5. The first kappa shape index (κ1) is 18.9. The van der Waals surface area contributed by atoms with E-state index in [2.05, 4.69) is 5.32 Å². The Hall–Kier alpha value is -3.45. The number of aromatic nitrogens is 2. The van der Waals surface area contributed by atoms with Crippen LogP contribution < -0.4 is 16.6 Å². The van der Waals surface area contributed by atoms with E-state index in [1.807, 2.05) is 44.2 Å². The third-order valence-corrected chi connectivity index (χ3v) is 5.66. The summed E-state index contributed by atoms with van der Waals surface area (Å²) in [5.41, 5.74) is 1.31. The smallest absolute Gasteiger partial charge is 0.325 e. The van der Waals surface area contributed by atoms with E-state index in [0.717, 1.165) is 15.0 Å². The molecule has 7 heteroatoms. The summed E-state index contributed by atoms with van der Waals surface area (Å²) < 4.78 is 2.48. The molecule has 2 heterocycles. The van der Waals surface area contributed by atoms with E-state index in [4.69, 9.17) is 0 Å². The van der Waals surface area contributed by atoms with Crippen molar-refractivity contribution in [1.82, 2.24) is 9.13 Å². The van der Waals surface area contributed by atoms with Crippen LogP contribution in [0.2, 0.25) is 0 Å². The van der Waals surface area contributed by atoms with Gasteiger partial charge in [-0.2, -0.15) is 0 Å². The maximum absolute atomic E-state index is 13.2. The standard InChI is InChI=1S/C22H19N3O3S/c1-14-8-10-16(11-9-14)23-19(26)13-24-21-18(12-15(2)29-21)20(27)25(22(24)28)17-6-4-3-5-7-17/h3-12H,13H2,1-2H3,(H,23,26). The summed E-state index contributed by atoms with van der Waals surface area (Å²) in [6, 6.07) is 17.9. The van der Waals surface area contributed by atoms with Crippen LogP contribution in [0.25, 0.3) is 15.9 Å². The van der Waals surface area contributed by atoms with Gasteiger partial charge in [0.15, 0.2) is 0 Å². The summed E-state index contributed by atoms with van der Waals surface area (Å²) in [5.74, 6) is -0.332. The lowest BCUT2D eigenvalue weighted by Crippen LogP contribution is -2.40. The molecular weight excluding hydrogens is 386 g/mol. The molecular formula is C22H19N3O3S. The van der Waals surface area contributed by atoms with E-state index in [9.17, 15) is 14.4 Å². The Balaban J connectivity index is 1.81. The molecule has 0 radical (unpaired) electrons. The Bertz CT molecular complexity index is 1320. The van der Waals surface area contributed by atoms with Crippen LogP contribution in [0.1, 0.15) is 10.4 Å². The summed E-state index contributed by atoms with van der Waals surface area (Å²) in [5, 5.41) is 3.24. The fourth-order valence-corrected chi connectivity index (χ4v) is 4.19. The number of fused-ring (bicyclic) bond motifs is 1. The number of nitrogens with one attached hydrogen (secondary N) is 1. The number of benzene rings is 2. The molecule has 4 rings (SSSR count). The summed E-state index contributed by atoms with van der Waals surface area (Å²) in [6.07, 6.45) is 0. The number of rotatable bonds is 4. The van der Waals surface area contributed by atoms with Gasteiger partial charge < -0.3 is 5.32 Å². The van der Waals surface area contributed by atoms with Crippen LogP contribution in [0.3, 0.4) is 0 Å². The van der Waals surface area contributed by atoms with Gasteiger partial charge in [-0.15, -0.1) is 11.3 Å². The van der Waals surface area contributed by atoms with Gasteiger partial charge in [0.05, 0.1) is 11.1 Å². The number of amides is 1. The highest BCUT2D eigenvalue weighted by Gasteiger charge is 2.18. The molecule has 0 unspecified atom stereocenters. The molecule has 2 aromatic heterocycles. The predicted molar refractivity (Wildman–Crippen MR) is 116 cm³/mol. The fraction of sp³-hybridized carbons (Fsp3) is 0.136. The van der Waals surface area contributed by atoms with Crippen molar-refractivity contribution in [3.63, 3.8) is 0 Å². The molecule has 0 saturated carbocycles. The van der Waals surface area contributed by atoms with Gasteiger partial charge in [-0.3, -0.25) is 14.2 Å². The second kappa shape index (κ2) is 7.52. The maximum Gasteiger partial charge on any atom is 0.337 e. The molecule has 0 saturated heterocycles. The van der Waals surface area contributed by atoms with Gasteiger partial charge in [0, 0.05) is 10.6 Å².